The number of hydrogen-bond donors (Lipinski definition) is 2. The molecule has 1 aliphatic rings. The van der Waals surface area contributed by atoms with E-state index >= 15 is 0 Å². The maximum Gasteiger partial charge on any atom is 0.0820 e. The molecule has 0 saturated carbocycles. The smallest absolute Gasteiger partial charge is 0.0820 e. The van der Waals surface area contributed by atoms with Crippen LogP contribution in [0.25, 0.3) is 0 Å². The first-order valence-electron chi connectivity index (χ1n) is 5.27. The van der Waals surface area contributed by atoms with Gasteiger partial charge in [-0.2, -0.15) is 0 Å². The van der Waals surface area contributed by atoms with Crippen LogP contribution in [0.2, 0.25) is 0 Å². The van der Waals surface area contributed by atoms with Crippen molar-refractivity contribution in [3.8, 4) is 0 Å². The van der Waals surface area contributed by atoms with E-state index in [0.717, 1.165) is 25.9 Å². The first-order valence-corrected chi connectivity index (χ1v) is 5.27. The standard InChI is InChI=1S/C10H22N2O/c1-9(2)13-10(8-11)4-3-6-12-7-5-10/h9,12H,3-8,11H2,1-2H3. The fraction of sp³-hybridized carbons (Fsp3) is 1.00. The zero-order valence-corrected chi connectivity index (χ0v) is 8.81. The lowest BCUT2D eigenvalue weighted by molar-refractivity contribution is -0.0809. The Morgan fingerprint density at radius 3 is 2.77 bits per heavy atom. The summed E-state index contributed by atoms with van der Waals surface area (Å²) in [7, 11) is 0. The fourth-order valence-corrected chi connectivity index (χ4v) is 1.97. The normalized spacial score (nSPS) is 30.5. The van der Waals surface area contributed by atoms with Crippen LogP contribution < -0.4 is 11.1 Å². The fourth-order valence-electron chi connectivity index (χ4n) is 1.97. The summed E-state index contributed by atoms with van der Waals surface area (Å²) < 4.78 is 5.94. The molecule has 3 heteroatoms. The Kier molecular flexibility index (Phi) is 4.16. The lowest BCUT2D eigenvalue weighted by atomic mass is 9.94. The molecule has 0 aromatic carbocycles. The molecule has 1 heterocycles. The van der Waals surface area contributed by atoms with Gasteiger partial charge in [-0.3, -0.25) is 0 Å². The van der Waals surface area contributed by atoms with E-state index in [0.29, 0.717) is 6.54 Å². The van der Waals surface area contributed by atoms with Gasteiger partial charge in [0, 0.05) is 6.54 Å². The van der Waals surface area contributed by atoms with Gasteiger partial charge in [-0.25, -0.2) is 0 Å². The highest BCUT2D eigenvalue weighted by atomic mass is 16.5. The third-order valence-electron chi connectivity index (χ3n) is 2.60. The Morgan fingerprint density at radius 1 is 1.38 bits per heavy atom. The summed E-state index contributed by atoms with van der Waals surface area (Å²) in [6.07, 6.45) is 3.59. The van der Waals surface area contributed by atoms with Crippen molar-refractivity contribution in [2.45, 2.75) is 44.8 Å². The van der Waals surface area contributed by atoms with Crippen molar-refractivity contribution in [3.63, 3.8) is 0 Å². The summed E-state index contributed by atoms with van der Waals surface area (Å²) in [5, 5.41) is 3.37. The molecule has 1 aliphatic heterocycles. The summed E-state index contributed by atoms with van der Waals surface area (Å²) in [5.41, 5.74) is 5.75. The van der Waals surface area contributed by atoms with Gasteiger partial charge in [-0.05, 0) is 46.2 Å². The molecule has 0 spiro atoms. The lowest BCUT2D eigenvalue weighted by Crippen LogP contribution is -2.43. The molecule has 1 rings (SSSR count). The predicted molar refractivity (Wildman–Crippen MR) is 54.7 cm³/mol. The van der Waals surface area contributed by atoms with Gasteiger partial charge in [0.05, 0.1) is 11.7 Å². The molecule has 0 aromatic rings. The highest BCUT2D eigenvalue weighted by Gasteiger charge is 2.31. The van der Waals surface area contributed by atoms with Crippen LogP contribution >= 0.6 is 0 Å². The van der Waals surface area contributed by atoms with Gasteiger partial charge in [0.25, 0.3) is 0 Å². The molecule has 78 valence electrons. The largest absolute Gasteiger partial charge is 0.371 e. The van der Waals surface area contributed by atoms with Crippen LogP contribution in [0.4, 0.5) is 0 Å². The quantitative estimate of drug-likeness (QED) is 0.688. The molecular formula is C10H22N2O. The molecular weight excluding hydrogens is 164 g/mol. The van der Waals surface area contributed by atoms with Crippen LogP contribution in [0.5, 0.6) is 0 Å². The van der Waals surface area contributed by atoms with Crippen LogP contribution in [0, 0.1) is 0 Å². The van der Waals surface area contributed by atoms with Crippen LogP contribution in [-0.2, 0) is 4.74 Å². The summed E-state index contributed by atoms with van der Waals surface area (Å²) in [6, 6.07) is 0. The molecule has 0 aromatic heterocycles. The van der Waals surface area contributed by atoms with Crippen molar-refractivity contribution in [1.82, 2.24) is 5.32 Å². The summed E-state index contributed by atoms with van der Waals surface area (Å²) in [6.45, 7) is 6.94. The Balaban J connectivity index is 2.53. The van der Waals surface area contributed by atoms with Crippen molar-refractivity contribution in [2.75, 3.05) is 19.6 Å². The first kappa shape index (κ1) is 11.0. The van der Waals surface area contributed by atoms with E-state index in [2.05, 4.69) is 19.2 Å². The number of hydrogen-bond acceptors (Lipinski definition) is 3. The molecule has 1 fully saturated rings. The Morgan fingerprint density at radius 2 is 2.15 bits per heavy atom. The molecule has 0 amide bonds. The van der Waals surface area contributed by atoms with Crippen LogP contribution in [-0.4, -0.2) is 31.3 Å². The number of ether oxygens (including phenoxy) is 1. The average Bonchev–Trinajstić information content (AvgIpc) is 2.30. The molecule has 0 radical (unpaired) electrons. The van der Waals surface area contributed by atoms with E-state index in [-0.39, 0.29) is 11.7 Å². The lowest BCUT2D eigenvalue weighted by Gasteiger charge is -2.33. The average molecular weight is 186 g/mol. The van der Waals surface area contributed by atoms with Crippen molar-refractivity contribution in [1.29, 1.82) is 0 Å². The Bertz CT molecular complexity index is 140. The van der Waals surface area contributed by atoms with E-state index in [1.165, 1.54) is 6.42 Å². The molecule has 0 aliphatic carbocycles. The monoisotopic (exact) mass is 186 g/mol. The topological polar surface area (TPSA) is 47.3 Å². The molecule has 1 atom stereocenters. The minimum atomic E-state index is -0.0579. The molecule has 3 N–H and O–H groups in total. The second-order valence-corrected chi connectivity index (χ2v) is 4.16. The van der Waals surface area contributed by atoms with Crippen molar-refractivity contribution in [3.05, 3.63) is 0 Å². The predicted octanol–water partition coefficient (Wildman–Crippen LogP) is 0.882. The van der Waals surface area contributed by atoms with Crippen molar-refractivity contribution in [2.24, 2.45) is 5.73 Å². The van der Waals surface area contributed by atoms with Gasteiger partial charge >= 0.3 is 0 Å². The van der Waals surface area contributed by atoms with Crippen LogP contribution in [0.3, 0.4) is 0 Å². The second kappa shape index (κ2) is 4.94. The van der Waals surface area contributed by atoms with E-state index < -0.39 is 0 Å². The van der Waals surface area contributed by atoms with Gasteiger partial charge in [0.2, 0.25) is 0 Å². The van der Waals surface area contributed by atoms with Crippen LogP contribution in [0.15, 0.2) is 0 Å². The van der Waals surface area contributed by atoms with E-state index in [9.17, 15) is 0 Å². The first-order chi connectivity index (χ1) is 6.18. The SMILES string of the molecule is CC(C)OC1(CN)CCCNCC1. The minimum Gasteiger partial charge on any atom is -0.371 e. The molecule has 13 heavy (non-hydrogen) atoms. The highest BCUT2D eigenvalue weighted by molar-refractivity contribution is 4.86. The number of rotatable bonds is 3. The van der Waals surface area contributed by atoms with Gasteiger partial charge in [-0.1, -0.05) is 0 Å². The molecule has 3 nitrogen and oxygen atoms in total. The maximum absolute atomic E-state index is 5.94. The summed E-state index contributed by atoms with van der Waals surface area (Å²) in [5.74, 6) is 0. The van der Waals surface area contributed by atoms with Gasteiger partial charge < -0.3 is 15.8 Å². The van der Waals surface area contributed by atoms with E-state index in [4.69, 9.17) is 10.5 Å². The molecule has 1 unspecified atom stereocenters. The van der Waals surface area contributed by atoms with E-state index in [1.807, 2.05) is 0 Å². The van der Waals surface area contributed by atoms with Gasteiger partial charge in [0.1, 0.15) is 0 Å². The van der Waals surface area contributed by atoms with Crippen LogP contribution in [0.1, 0.15) is 33.1 Å². The van der Waals surface area contributed by atoms with Crippen molar-refractivity contribution < 1.29 is 4.74 Å². The third kappa shape index (κ3) is 3.25. The zero-order chi connectivity index (χ0) is 9.73. The molecule has 1 saturated heterocycles. The number of nitrogens with two attached hydrogens (primary N) is 1. The van der Waals surface area contributed by atoms with E-state index in [1.54, 1.807) is 0 Å². The van der Waals surface area contributed by atoms with Crippen molar-refractivity contribution >= 4 is 0 Å². The molecule has 0 bridgehead atoms. The Hall–Kier alpha value is -0.120. The Labute approximate surface area is 81.0 Å². The minimum absolute atomic E-state index is 0.0579. The van der Waals surface area contributed by atoms with Gasteiger partial charge in [-0.15, -0.1) is 0 Å². The maximum atomic E-state index is 5.94. The van der Waals surface area contributed by atoms with Gasteiger partial charge in [0.15, 0.2) is 0 Å². The summed E-state index contributed by atoms with van der Waals surface area (Å²) in [4.78, 5) is 0. The second-order valence-electron chi connectivity index (χ2n) is 4.16. The summed E-state index contributed by atoms with van der Waals surface area (Å²) >= 11 is 0. The highest BCUT2D eigenvalue weighted by Crippen LogP contribution is 2.24. The zero-order valence-electron chi connectivity index (χ0n) is 8.81. The third-order valence-corrected chi connectivity index (χ3v) is 2.60. The number of nitrogens with one attached hydrogen (secondary N) is 1.